The van der Waals surface area contributed by atoms with Crippen molar-refractivity contribution in [3.05, 3.63) is 43.1 Å². The zero-order valence-electron chi connectivity index (χ0n) is 16.3. The summed E-state index contributed by atoms with van der Waals surface area (Å²) in [4.78, 5) is 0. The van der Waals surface area contributed by atoms with Crippen LogP contribution in [-0.2, 0) is 20.8 Å². The van der Waals surface area contributed by atoms with Crippen molar-refractivity contribution >= 4 is 34.6 Å². The predicted molar refractivity (Wildman–Crippen MR) is 108 cm³/mol. The molecule has 0 N–H and O–H groups in total. The zero-order chi connectivity index (χ0) is 18.5. The minimum atomic E-state index is -0.826. The Kier molecular flexibility index (Phi) is 11.2. The predicted octanol–water partition coefficient (Wildman–Crippen LogP) is 7.13. The first-order valence-electron chi connectivity index (χ1n) is 7.88. The van der Waals surface area contributed by atoms with E-state index in [4.69, 9.17) is 17.0 Å². The molecule has 0 saturated heterocycles. The average Bonchev–Trinajstić information content (AvgIpc) is 2.80. The van der Waals surface area contributed by atoms with Crippen LogP contribution < -0.4 is 0 Å². The van der Waals surface area contributed by atoms with Crippen molar-refractivity contribution in [1.82, 2.24) is 0 Å². The molecule has 0 amide bonds. The normalized spacial score (nSPS) is 19.1. The van der Waals surface area contributed by atoms with Crippen LogP contribution in [0.5, 0.6) is 0 Å². The van der Waals surface area contributed by atoms with Crippen LogP contribution in [0.15, 0.2) is 43.1 Å². The van der Waals surface area contributed by atoms with E-state index in [0.29, 0.717) is 0 Å². The third-order valence-electron chi connectivity index (χ3n) is 5.62. The molecular weight excluding hydrogens is 434 g/mol. The van der Waals surface area contributed by atoms with E-state index in [2.05, 4.69) is 68.5 Å². The van der Waals surface area contributed by atoms with Gasteiger partial charge in [0.15, 0.2) is 0 Å². The summed E-state index contributed by atoms with van der Waals surface area (Å²) in [7, 11) is 9.37. The van der Waals surface area contributed by atoms with Crippen LogP contribution in [0, 0.1) is 0 Å². The molecule has 0 spiro atoms. The van der Waals surface area contributed by atoms with Crippen LogP contribution >= 0.6 is 17.0 Å². The first kappa shape index (κ1) is 23.9. The van der Waals surface area contributed by atoms with Crippen LogP contribution in [0.25, 0.3) is 0 Å². The molecule has 0 aromatic carbocycles. The molecular formula is C18H30Cl2Si2Zr. The van der Waals surface area contributed by atoms with Crippen molar-refractivity contribution in [3.8, 4) is 0 Å². The monoisotopic (exact) mass is 462 g/mol. The van der Waals surface area contributed by atoms with E-state index in [-0.39, 0.29) is 17.6 Å². The maximum absolute atomic E-state index is 4.93. The molecule has 0 atom stereocenters. The van der Waals surface area contributed by atoms with Gasteiger partial charge >= 0.3 is 37.9 Å². The van der Waals surface area contributed by atoms with Crippen molar-refractivity contribution in [2.24, 2.45) is 0 Å². The summed E-state index contributed by atoms with van der Waals surface area (Å²) in [5.41, 5.74) is 6.20. The van der Waals surface area contributed by atoms with Gasteiger partial charge in [-0.15, -0.1) is 0 Å². The van der Waals surface area contributed by atoms with E-state index < -0.39 is 20.8 Å². The van der Waals surface area contributed by atoms with E-state index in [1.165, 1.54) is 0 Å². The summed E-state index contributed by atoms with van der Waals surface area (Å²) in [5, 5.41) is 6.61. The minimum absolute atomic E-state index is 0.251. The molecule has 0 fully saturated rings. The van der Waals surface area contributed by atoms with Crippen molar-refractivity contribution in [2.75, 3.05) is 0 Å². The number of halogens is 2. The molecule has 0 unspecified atom stereocenters. The van der Waals surface area contributed by atoms with Crippen LogP contribution in [0.4, 0.5) is 0 Å². The van der Waals surface area contributed by atoms with Gasteiger partial charge in [-0.05, 0) is 55.4 Å². The number of hydrogen-bond acceptors (Lipinski definition) is 0. The summed E-state index contributed by atoms with van der Waals surface area (Å²) in [6, 6.07) is 0. The van der Waals surface area contributed by atoms with E-state index >= 15 is 0 Å². The van der Waals surface area contributed by atoms with E-state index in [9.17, 15) is 0 Å². The van der Waals surface area contributed by atoms with Crippen molar-refractivity contribution in [2.45, 2.75) is 68.5 Å². The fourth-order valence-electron chi connectivity index (χ4n) is 2.81. The van der Waals surface area contributed by atoms with Gasteiger partial charge in [-0.25, -0.2) is 0 Å². The first-order valence-corrected chi connectivity index (χ1v) is 18.2. The second-order valence-corrected chi connectivity index (χ2v) is 15.6. The van der Waals surface area contributed by atoms with E-state index in [1.807, 2.05) is 0 Å². The summed E-state index contributed by atoms with van der Waals surface area (Å²) in [6.07, 6.45) is 0. The first-order chi connectivity index (χ1) is 10.5. The Balaban J connectivity index is 0.000000360. The topological polar surface area (TPSA) is 0 Å². The van der Waals surface area contributed by atoms with Crippen LogP contribution in [0.3, 0.4) is 0 Å². The molecule has 0 bridgehead atoms. The Hall–Kier alpha value is 0.857. The molecule has 2 heterocycles. The summed E-state index contributed by atoms with van der Waals surface area (Å²) in [6.45, 7) is 22.9. The standard InChI is InChI=1S/2C9H15Si.2ClH.Zr/c2*1-6-7(2)9(4)10(5)8(6)3;;;/h2*1-5H3;2*1H;/q;;;;+2/p-2. The molecule has 128 valence electrons. The molecule has 0 aliphatic carbocycles. The second-order valence-electron chi connectivity index (χ2n) is 6.32. The quantitative estimate of drug-likeness (QED) is 0.335. The second kappa shape index (κ2) is 10.8. The Labute approximate surface area is 166 Å². The summed E-state index contributed by atoms with van der Waals surface area (Å²) >= 11 is -0.826. The number of rotatable bonds is 0. The summed E-state index contributed by atoms with van der Waals surface area (Å²) < 4.78 is 0. The van der Waals surface area contributed by atoms with Gasteiger partial charge in [-0.1, -0.05) is 56.2 Å². The molecule has 2 aliphatic heterocycles. The molecule has 0 saturated carbocycles. The fourth-order valence-corrected chi connectivity index (χ4v) is 6.94. The summed E-state index contributed by atoms with van der Waals surface area (Å²) in [5.74, 6) is 0. The molecule has 0 aromatic heterocycles. The van der Waals surface area contributed by atoms with Gasteiger partial charge in [0.25, 0.3) is 0 Å². The van der Waals surface area contributed by atoms with Gasteiger partial charge in [-0.2, -0.15) is 0 Å². The third-order valence-corrected chi connectivity index (χ3v) is 11.6. The molecule has 0 nitrogen and oxygen atoms in total. The molecule has 2 aliphatic rings. The SMILES string of the molecule is CC1=C(C)[Si](C)C(C)=C1C.CC1=C(C)[Si](C)C(C)=C1C.[Cl][Zr][Cl]. The van der Waals surface area contributed by atoms with Gasteiger partial charge in [0.2, 0.25) is 0 Å². The zero-order valence-corrected chi connectivity index (χ0v) is 22.2. The fraction of sp³-hybridized carbons (Fsp3) is 0.556. The Morgan fingerprint density at radius 1 is 0.522 bits per heavy atom. The van der Waals surface area contributed by atoms with Crippen molar-refractivity contribution < 1.29 is 20.8 Å². The molecule has 5 heteroatoms. The Morgan fingerprint density at radius 2 is 0.652 bits per heavy atom. The van der Waals surface area contributed by atoms with Gasteiger partial charge in [0, 0.05) is 0 Å². The molecule has 0 aromatic rings. The van der Waals surface area contributed by atoms with Gasteiger partial charge in [0.05, 0.1) is 0 Å². The third kappa shape index (κ3) is 5.96. The van der Waals surface area contributed by atoms with E-state index in [1.54, 1.807) is 43.1 Å². The van der Waals surface area contributed by atoms with Crippen LogP contribution in [0.2, 0.25) is 13.1 Å². The Bertz CT molecular complexity index is 474. The molecule has 2 rings (SSSR count). The van der Waals surface area contributed by atoms with Gasteiger partial charge in [-0.3, -0.25) is 0 Å². The van der Waals surface area contributed by atoms with Gasteiger partial charge in [0.1, 0.15) is 17.6 Å². The van der Waals surface area contributed by atoms with Crippen LogP contribution in [-0.4, -0.2) is 17.6 Å². The van der Waals surface area contributed by atoms with E-state index in [0.717, 1.165) is 0 Å². The van der Waals surface area contributed by atoms with Crippen molar-refractivity contribution in [1.29, 1.82) is 0 Å². The van der Waals surface area contributed by atoms with Crippen LogP contribution in [0.1, 0.15) is 55.4 Å². The Morgan fingerprint density at radius 3 is 0.696 bits per heavy atom. The number of hydrogen-bond donors (Lipinski definition) is 0. The molecule has 23 heavy (non-hydrogen) atoms. The molecule has 2 radical (unpaired) electrons. The van der Waals surface area contributed by atoms with Gasteiger partial charge < -0.3 is 0 Å². The number of allylic oxidation sites excluding steroid dienone is 8. The maximum atomic E-state index is 4.93. The average molecular weight is 465 g/mol. The van der Waals surface area contributed by atoms with Crippen molar-refractivity contribution in [3.63, 3.8) is 0 Å².